The van der Waals surface area contributed by atoms with Crippen LogP contribution in [0.3, 0.4) is 0 Å². The number of carbonyl (C=O) groups excluding carboxylic acids is 1. The number of aromatic carboxylic acids is 1. The number of rotatable bonds is 2. The van der Waals surface area contributed by atoms with Crippen LogP contribution >= 0.6 is 45.2 Å². The summed E-state index contributed by atoms with van der Waals surface area (Å²) in [5.74, 6) is -2.11. The van der Waals surface area contributed by atoms with E-state index in [0.29, 0.717) is 6.07 Å². The summed E-state index contributed by atoms with van der Waals surface area (Å²) in [5.41, 5.74) is 7.74. The second kappa shape index (κ2) is 10.1. The lowest BCUT2D eigenvalue weighted by Crippen LogP contribution is -2.12. The Kier molecular flexibility index (Phi) is 8.81. The molecular formula is C17H12F6I2N2O4. The molecule has 0 radical (unpaired) electrons. The zero-order chi connectivity index (χ0) is 24.3. The Hall–Kier alpha value is -1.98. The van der Waals surface area contributed by atoms with E-state index in [1.165, 1.54) is 45.2 Å². The molecule has 170 valence electrons. The minimum Gasteiger partial charge on any atom is -0.478 e. The highest BCUT2D eigenvalue weighted by Crippen LogP contribution is 2.36. The first-order valence-corrected chi connectivity index (χ1v) is 9.80. The van der Waals surface area contributed by atoms with Crippen LogP contribution in [0.2, 0.25) is 0 Å². The van der Waals surface area contributed by atoms with Crippen LogP contribution in [0.5, 0.6) is 0 Å². The zero-order valence-electron chi connectivity index (χ0n) is 15.2. The van der Waals surface area contributed by atoms with Crippen LogP contribution in [0, 0.1) is 7.14 Å². The third-order valence-corrected chi connectivity index (χ3v) is 5.31. The maximum Gasteiger partial charge on any atom is 0.417 e. The van der Waals surface area contributed by atoms with Gasteiger partial charge in [-0.25, -0.2) is 9.59 Å². The van der Waals surface area contributed by atoms with Gasteiger partial charge in [-0.1, -0.05) is 0 Å². The molecule has 0 aromatic heterocycles. The normalized spacial score (nSPS) is 11.4. The number of hydrogen-bond acceptors (Lipinski definition) is 5. The number of halogens is 8. The number of nitrogen functional groups attached to an aromatic ring is 2. The van der Waals surface area contributed by atoms with E-state index in [-0.39, 0.29) is 24.0 Å². The van der Waals surface area contributed by atoms with E-state index in [1.807, 2.05) is 0 Å². The van der Waals surface area contributed by atoms with Crippen molar-refractivity contribution in [3.63, 3.8) is 0 Å². The van der Waals surface area contributed by atoms with E-state index in [4.69, 9.17) is 16.6 Å². The van der Waals surface area contributed by atoms with Gasteiger partial charge in [0.15, 0.2) is 0 Å². The first-order valence-electron chi connectivity index (χ1n) is 7.64. The van der Waals surface area contributed by atoms with Crippen LogP contribution in [-0.4, -0.2) is 24.2 Å². The third kappa shape index (κ3) is 7.01. The van der Waals surface area contributed by atoms with Gasteiger partial charge in [0, 0.05) is 18.5 Å². The second-order valence-electron chi connectivity index (χ2n) is 5.63. The van der Waals surface area contributed by atoms with Crippen molar-refractivity contribution in [1.29, 1.82) is 0 Å². The van der Waals surface area contributed by atoms with Crippen molar-refractivity contribution in [1.82, 2.24) is 0 Å². The molecule has 2 rings (SSSR count). The van der Waals surface area contributed by atoms with Crippen molar-refractivity contribution < 1.29 is 45.8 Å². The van der Waals surface area contributed by atoms with Crippen molar-refractivity contribution >= 4 is 68.5 Å². The number of hydrogen-bond donors (Lipinski definition) is 3. The number of carboxylic acids is 1. The third-order valence-electron chi connectivity index (χ3n) is 3.52. The highest BCUT2D eigenvalue weighted by Gasteiger charge is 2.35. The Labute approximate surface area is 198 Å². The first kappa shape index (κ1) is 27.1. The molecule has 0 spiro atoms. The minimum absolute atomic E-state index is 0.0695. The van der Waals surface area contributed by atoms with Crippen LogP contribution in [0.25, 0.3) is 0 Å². The number of carboxylic acid groups (broad SMARTS) is 1. The second-order valence-corrected chi connectivity index (χ2v) is 7.96. The molecule has 2 aromatic carbocycles. The van der Waals surface area contributed by atoms with Crippen LogP contribution in [0.15, 0.2) is 24.3 Å². The average molecular weight is 676 g/mol. The summed E-state index contributed by atoms with van der Waals surface area (Å²) in [6, 6.07) is 3.32. The van der Waals surface area contributed by atoms with Gasteiger partial charge in [0.2, 0.25) is 0 Å². The number of ether oxygens (including phenoxy) is 1. The molecule has 0 amide bonds. The topological polar surface area (TPSA) is 116 Å². The highest BCUT2D eigenvalue weighted by atomic mass is 127. The first-order chi connectivity index (χ1) is 14.0. The molecule has 6 nitrogen and oxygen atoms in total. The molecule has 0 aliphatic carbocycles. The standard InChI is InChI=1S/C9H7F3INO2.C8H5F3INO2/c1-16-8(15)4-2-6(13)5(3-7(4)14)9(10,11)12;9-8(10,11)4-2-6(13)3(7(14)15)1-5(4)12/h2-3H,14H2,1H3;1-2H,13H2,(H,14,15). The quantitative estimate of drug-likeness (QED) is 0.173. The molecule has 0 aliphatic heterocycles. The van der Waals surface area contributed by atoms with E-state index in [9.17, 15) is 35.9 Å². The fourth-order valence-corrected chi connectivity index (χ4v) is 3.63. The molecule has 0 saturated heterocycles. The van der Waals surface area contributed by atoms with Gasteiger partial charge < -0.3 is 21.3 Å². The molecule has 14 heteroatoms. The Morgan fingerprint density at radius 3 is 1.52 bits per heavy atom. The molecule has 0 aliphatic rings. The lowest BCUT2D eigenvalue weighted by atomic mass is 10.1. The number of nitrogens with two attached hydrogens (primary N) is 2. The molecule has 31 heavy (non-hydrogen) atoms. The molecule has 0 fully saturated rings. The number of benzene rings is 2. The van der Waals surface area contributed by atoms with Crippen molar-refractivity contribution in [3.8, 4) is 0 Å². The van der Waals surface area contributed by atoms with E-state index in [0.717, 1.165) is 25.3 Å². The Balaban J connectivity index is 0.000000311. The highest BCUT2D eigenvalue weighted by molar-refractivity contribution is 14.1. The Bertz CT molecular complexity index is 1010. The average Bonchev–Trinajstić information content (AvgIpc) is 2.62. The lowest BCUT2D eigenvalue weighted by molar-refractivity contribution is -0.139. The Morgan fingerprint density at radius 2 is 1.19 bits per heavy atom. The van der Waals surface area contributed by atoms with Crippen molar-refractivity contribution in [2.45, 2.75) is 12.4 Å². The summed E-state index contributed by atoms with van der Waals surface area (Å²) in [4.78, 5) is 21.7. The van der Waals surface area contributed by atoms with Gasteiger partial charge in [0.25, 0.3) is 0 Å². The predicted molar refractivity (Wildman–Crippen MR) is 115 cm³/mol. The Morgan fingerprint density at radius 1 is 0.839 bits per heavy atom. The van der Waals surface area contributed by atoms with Crippen molar-refractivity contribution in [2.24, 2.45) is 0 Å². The molecular weight excluding hydrogens is 664 g/mol. The van der Waals surface area contributed by atoms with Crippen LogP contribution in [0.4, 0.5) is 37.7 Å². The summed E-state index contributed by atoms with van der Waals surface area (Å²) in [6.45, 7) is 0. The van der Waals surface area contributed by atoms with Crippen molar-refractivity contribution in [3.05, 3.63) is 53.7 Å². The van der Waals surface area contributed by atoms with E-state index >= 15 is 0 Å². The van der Waals surface area contributed by atoms with Gasteiger partial charge in [0.05, 0.1) is 29.4 Å². The van der Waals surface area contributed by atoms with Gasteiger partial charge in [-0.05, 0) is 69.4 Å². The molecule has 0 bridgehead atoms. The number of esters is 1. The zero-order valence-corrected chi connectivity index (χ0v) is 19.5. The fourth-order valence-electron chi connectivity index (χ4n) is 2.09. The fraction of sp³-hybridized carbons (Fsp3) is 0.176. The van der Waals surface area contributed by atoms with Crippen LogP contribution < -0.4 is 11.5 Å². The smallest absolute Gasteiger partial charge is 0.417 e. The molecule has 2 aromatic rings. The monoisotopic (exact) mass is 676 g/mol. The van der Waals surface area contributed by atoms with E-state index in [1.54, 1.807) is 0 Å². The van der Waals surface area contributed by atoms with E-state index in [2.05, 4.69) is 4.74 Å². The van der Waals surface area contributed by atoms with E-state index < -0.39 is 41.1 Å². The molecule has 0 heterocycles. The number of anilines is 2. The lowest BCUT2D eigenvalue weighted by Gasteiger charge is -2.12. The number of carbonyl (C=O) groups is 2. The summed E-state index contributed by atoms with van der Waals surface area (Å²) < 4.78 is 78.6. The number of alkyl halides is 6. The van der Waals surface area contributed by atoms with Crippen LogP contribution in [-0.2, 0) is 17.1 Å². The van der Waals surface area contributed by atoms with Gasteiger partial charge >= 0.3 is 24.3 Å². The van der Waals surface area contributed by atoms with Gasteiger partial charge in [-0.2, -0.15) is 26.3 Å². The minimum atomic E-state index is -4.53. The molecule has 0 saturated carbocycles. The molecule has 0 unspecified atom stereocenters. The van der Waals surface area contributed by atoms with Gasteiger partial charge in [0.1, 0.15) is 0 Å². The summed E-state index contributed by atoms with van der Waals surface area (Å²) in [5, 5.41) is 8.62. The maximum atomic E-state index is 12.5. The SMILES string of the molecule is COC(=O)c1cc(I)c(C(F)(F)F)cc1N.Nc1cc(C(F)(F)F)c(I)cc1C(=O)O. The summed E-state index contributed by atoms with van der Waals surface area (Å²) in [7, 11) is 1.13. The predicted octanol–water partition coefficient (Wildman–Crippen LogP) is 5.27. The van der Waals surface area contributed by atoms with Gasteiger partial charge in [-0.3, -0.25) is 0 Å². The largest absolute Gasteiger partial charge is 0.478 e. The molecule has 5 N–H and O–H groups in total. The maximum absolute atomic E-state index is 12.5. The van der Waals surface area contributed by atoms with Gasteiger partial charge in [-0.15, -0.1) is 0 Å². The summed E-state index contributed by atoms with van der Waals surface area (Å²) in [6.07, 6.45) is -9.01. The molecule has 0 atom stereocenters. The number of methoxy groups -OCH3 is 1. The van der Waals surface area contributed by atoms with Crippen molar-refractivity contribution in [2.75, 3.05) is 18.6 Å². The summed E-state index contributed by atoms with van der Waals surface area (Å²) >= 11 is 2.92. The van der Waals surface area contributed by atoms with Crippen LogP contribution in [0.1, 0.15) is 31.8 Å².